The molecule has 5 nitrogen and oxygen atoms in total. The Morgan fingerprint density at radius 2 is 1.79 bits per heavy atom. The standard InChI is InChI=1S/C14H26N2O3/c1-10(2)11(3)16(4)13(19)15-14(9-12(17)18)7-5-6-8-14/h10-11H,5-9H2,1-4H3,(H,15,19)(H,17,18). The first kappa shape index (κ1) is 15.8. The van der Waals surface area contributed by atoms with Crippen molar-refractivity contribution in [2.75, 3.05) is 7.05 Å². The number of hydrogen-bond acceptors (Lipinski definition) is 2. The highest BCUT2D eigenvalue weighted by atomic mass is 16.4. The summed E-state index contributed by atoms with van der Waals surface area (Å²) in [7, 11) is 1.77. The summed E-state index contributed by atoms with van der Waals surface area (Å²) in [6.07, 6.45) is 3.50. The molecule has 0 heterocycles. The van der Waals surface area contributed by atoms with E-state index in [-0.39, 0.29) is 18.5 Å². The number of carboxylic acids is 1. The maximum Gasteiger partial charge on any atom is 0.317 e. The van der Waals surface area contributed by atoms with Gasteiger partial charge in [0.2, 0.25) is 0 Å². The summed E-state index contributed by atoms with van der Waals surface area (Å²) >= 11 is 0. The molecule has 1 rings (SSSR count). The minimum Gasteiger partial charge on any atom is -0.481 e. The molecule has 1 unspecified atom stereocenters. The van der Waals surface area contributed by atoms with Crippen molar-refractivity contribution in [3.63, 3.8) is 0 Å². The number of urea groups is 1. The zero-order chi connectivity index (χ0) is 14.6. The smallest absolute Gasteiger partial charge is 0.317 e. The molecule has 0 bridgehead atoms. The minimum absolute atomic E-state index is 0.0165. The molecule has 1 saturated carbocycles. The number of rotatable bonds is 5. The van der Waals surface area contributed by atoms with Crippen molar-refractivity contribution in [2.45, 2.75) is 64.5 Å². The fraction of sp³-hybridized carbons (Fsp3) is 0.857. The van der Waals surface area contributed by atoms with Gasteiger partial charge in [0.1, 0.15) is 0 Å². The summed E-state index contributed by atoms with van der Waals surface area (Å²) < 4.78 is 0. The summed E-state index contributed by atoms with van der Waals surface area (Å²) in [5.74, 6) is -0.475. The number of carbonyl (C=O) groups excluding carboxylic acids is 1. The second-order valence-electron chi connectivity index (χ2n) is 6.08. The van der Waals surface area contributed by atoms with Gasteiger partial charge in [-0.05, 0) is 25.7 Å². The van der Waals surface area contributed by atoms with Gasteiger partial charge >= 0.3 is 12.0 Å². The van der Waals surface area contributed by atoms with Gasteiger partial charge in [0.05, 0.1) is 12.0 Å². The number of hydrogen-bond donors (Lipinski definition) is 2. The first-order valence-corrected chi connectivity index (χ1v) is 7.04. The second-order valence-corrected chi connectivity index (χ2v) is 6.08. The van der Waals surface area contributed by atoms with E-state index in [1.54, 1.807) is 11.9 Å². The van der Waals surface area contributed by atoms with E-state index in [1.807, 2.05) is 6.92 Å². The van der Waals surface area contributed by atoms with Crippen LogP contribution in [0.4, 0.5) is 4.79 Å². The van der Waals surface area contributed by atoms with Crippen molar-refractivity contribution in [3.8, 4) is 0 Å². The molecule has 1 atom stereocenters. The van der Waals surface area contributed by atoms with E-state index in [1.165, 1.54) is 0 Å². The molecular weight excluding hydrogens is 244 g/mol. The predicted octanol–water partition coefficient (Wildman–Crippen LogP) is 2.46. The molecule has 19 heavy (non-hydrogen) atoms. The van der Waals surface area contributed by atoms with Crippen LogP contribution in [0.15, 0.2) is 0 Å². The highest BCUT2D eigenvalue weighted by molar-refractivity contribution is 5.77. The molecule has 5 heteroatoms. The van der Waals surface area contributed by atoms with Crippen LogP contribution in [0, 0.1) is 5.92 Å². The molecule has 1 aliphatic rings. The Kier molecular flexibility index (Phi) is 5.20. The fourth-order valence-corrected chi connectivity index (χ4v) is 2.63. The van der Waals surface area contributed by atoms with E-state index in [0.717, 1.165) is 25.7 Å². The lowest BCUT2D eigenvalue weighted by molar-refractivity contribution is -0.138. The molecule has 0 aliphatic heterocycles. The van der Waals surface area contributed by atoms with Gasteiger partial charge in [-0.2, -0.15) is 0 Å². The number of carbonyl (C=O) groups is 2. The Morgan fingerprint density at radius 1 is 1.26 bits per heavy atom. The van der Waals surface area contributed by atoms with Crippen molar-refractivity contribution < 1.29 is 14.7 Å². The largest absolute Gasteiger partial charge is 0.481 e. The average molecular weight is 270 g/mol. The molecule has 110 valence electrons. The molecule has 0 saturated heterocycles. The summed E-state index contributed by atoms with van der Waals surface area (Å²) in [5.41, 5.74) is -0.548. The Labute approximate surface area is 115 Å². The topological polar surface area (TPSA) is 69.6 Å². The molecule has 1 aliphatic carbocycles. The van der Waals surface area contributed by atoms with Crippen LogP contribution in [0.1, 0.15) is 52.9 Å². The normalized spacial score (nSPS) is 19.2. The second kappa shape index (κ2) is 6.26. The van der Waals surface area contributed by atoms with Gasteiger partial charge in [-0.15, -0.1) is 0 Å². The van der Waals surface area contributed by atoms with E-state index >= 15 is 0 Å². The maximum absolute atomic E-state index is 12.3. The first-order chi connectivity index (χ1) is 8.77. The Balaban J connectivity index is 2.69. The molecule has 2 N–H and O–H groups in total. The summed E-state index contributed by atoms with van der Waals surface area (Å²) in [4.78, 5) is 24.9. The third-order valence-electron chi connectivity index (χ3n) is 4.32. The van der Waals surface area contributed by atoms with Crippen LogP contribution >= 0.6 is 0 Å². The SMILES string of the molecule is CC(C)C(C)N(C)C(=O)NC1(CC(=O)O)CCCC1. The predicted molar refractivity (Wildman–Crippen MR) is 74.0 cm³/mol. The summed E-state index contributed by atoms with van der Waals surface area (Å²) in [5, 5.41) is 12.0. The third kappa shape index (κ3) is 4.11. The van der Waals surface area contributed by atoms with Gasteiger partial charge in [-0.1, -0.05) is 26.7 Å². The van der Waals surface area contributed by atoms with Crippen molar-refractivity contribution in [2.24, 2.45) is 5.92 Å². The molecular formula is C14H26N2O3. The fourth-order valence-electron chi connectivity index (χ4n) is 2.63. The van der Waals surface area contributed by atoms with E-state index in [2.05, 4.69) is 19.2 Å². The zero-order valence-electron chi connectivity index (χ0n) is 12.4. The number of carboxylic acid groups (broad SMARTS) is 1. The summed E-state index contributed by atoms with van der Waals surface area (Å²) in [6.45, 7) is 6.14. The van der Waals surface area contributed by atoms with Gasteiger partial charge in [-0.3, -0.25) is 4.79 Å². The molecule has 0 aromatic rings. The maximum atomic E-state index is 12.3. The van der Waals surface area contributed by atoms with Crippen LogP contribution in [-0.4, -0.2) is 40.6 Å². The first-order valence-electron chi connectivity index (χ1n) is 7.04. The number of nitrogens with zero attached hydrogens (tertiary/aromatic N) is 1. The lowest BCUT2D eigenvalue weighted by Crippen LogP contribution is -2.54. The molecule has 0 aromatic heterocycles. The van der Waals surface area contributed by atoms with Crippen molar-refractivity contribution >= 4 is 12.0 Å². The molecule has 2 amide bonds. The number of aliphatic carboxylic acids is 1. The van der Waals surface area contributed by atoms with Crippen LogP contribution in [0.25, 0.3) is 0 Å². The van der Waals surface area contributed by atoms with Crippen molar-refractivity contribution in [3.05, 3.63) is 0 Å². The Bertz CT molecular complexity index is 336. The highest BCUT2D eigenvalue weighted by Gasteiger charge is 2.38. The van der Waals surface area contributed by atoms with Gasteiger partial charge in [0, 0.05) is 13.1 Å². The van der Waals surface area contributed by atoms with Crippen LogP contribution < -0.4 is 5.32 Å². The van der Waals surface area contributed by atoms with Gasteiger partial charge < -0.3 is 15.3 Å². The van der Waals surface area contributed by atoms with Crippen molar-refractivity contribution in [1.82, 2.24) is 10.2 Å². The molecule has 1 fully saturated rings. The summed E-state index contributed by atoms with van der Waals surface area (Å²) in [6, 6.07) is -0.0346. The monoisotopic (exact) mass is 270 g/mol. The minimum atomic E-state index is -0.846. The van der Waals surface area contributed by atoms with E-state index < -0.39 is 11.5 Å². The van der Waals surface area contributed by atoms with E-state index in [9.17, 15) is 9.59 Å². The Morgan fingerprint density at radius 3 is 2.21 bits per heavy atom. The third-order valence-corrected chi connectivity index (χ3v) is 4.32. The quantitative estimate of drug-likeness (QED) is 0.806. The lowest BCUT2D eigenvalue weighted by atomic mass is 9.93. The zero-order valence-corrected chi connectivity index (χ0v) is 12.4. The van der Waals surface area contributed by atoms with Gasteiger partial charge in [0.25, 0.3) is 0 Å². The molecule has 0 aromatic carbocycles. The van der Waals surface area contributed by atoms with E-state index in [0.29, 0.717) is 5.92 Å². The Hall–Kier alpha value is -1.26. The van der Waals surface area contributed by atoms with Gasteiger partial charge in [0.15, 0.2) is 0 Å². The van der Waals surface area contributed by atoms with Crippen molar-refractivity contribution in [1.29, 1.82) is 0 Å². The van der Waals surface area contributed by atoms with Crippen LogP contribution in [0.3, 0.4) is 0 Å². The highest BCUT2D eigenvalue weighted by Crippen LogP contribution is 2.32. The van der Waals surface area contributed by atoms with Crippen LogP contribution in [0.2, 0.25) is 0 Å². The average Bonchev–Trinajstić information content (AvgIpc) is 2.74. The number of nitrogens with one attached hydrogen (secondary N) is 1. The van der Waals surface area contributed by atoms with Crippen LogP contribution in [0.5, 0.6) is 0 Å². The number of amides is 2. The van der Waals surface area contributed by atoms with Gasteiger partial charge in [-0.25, -0.2) is 4.79 Å². The van der Waals surface area contributed by atoms with E-state index in [4.69, 9.17) is 5.11 Å². The van der Waals surface area contributed by atoms with Crippen LogP contribution in [-0.2, 0) is 4.79 Å². The molecule has 0 spiro atoms. The molecule has 0 radical (unpaired) electrons. The lowest BCUT2D eigenvalue weighted by Gasteiger charge is -2.34.